The maximum Gasteiger partial charge on any atom is 0.190 e. The third kappa shape index (κ3) is 3.17. The van der Waals surface area contributed by atoms with Gasteiger partial charge >= 0.3 is 0 Å². The summed E-state index contributed by atoms with van der Waals surface area (Å²) in [5, 5.41) is 10.7. The minimum absolute atomic E-state index is 0.00903. The maximum absolute atomic E-state index is 12.5. The summed E-state index contributed by atoms with van der Waals surface area (Å²) in [6, 6.07) is 13.9. The molecule has 6 heteroatoms. The fourth-order valence-electron chi connectivity index (χ4n) is 4.60. The molecule has 1 aliphatic heterocycles. The average Bonchev–Trinajstić information content (AvgIpc) is 3.25. The van der Waals surface area contributed by atoms with Crippen LogP contribution in [0, 0.1) is 17.2 Å². The Kier molecular flexibility index (Phi) is 4.61. The lowest BCUT2D eigenvalue weighted by Crippen LogP contribution is -2.40. The molecule has 3 aromatic heterocycles. The molecule has 0 saturated carbocycles. The summed E-state index contributed by atoms with van der Waals surface area (Å²) in [7, 11) is 0. The number of rotatable bonds is 3. The molecular weight excluding hydrogens is 374 g/mol. The summed E-state index contributed by atoms with van der Waals surface area (Å²) < 4.78 is 2.28. The van der Waals surface area contributed by atoms with Gasteiger partial charge in [-0.3, -0.25) is 9.69 Å². The largest absolute Gasteiger partial charge is 0.346 e. The zero-order valence-corrected chi connectivity index (χ0v) is 16.9. The van der Waals surface area contributed by atoms with E-state index < -0.39 is 0 Å². The third-order valence-electron chi connectivity index (χ3n) is 6.32. The average molecular weight is 397 g/mol. The van der Waals surface area contributed by atoms with Gasteiger partial charge in [0, 0.05) is 49.2 Å². The first-order chi connectivity index (χ1) is 14.6. The van der Waals surface area contributed by atoms with Crippen LogP contribution in [0.5, 0.6) is 0 Å². The van der Waals surface area contributed by atoms with Crippen molar-refractivity contribution < 1.29 is 0 Å². The Bertz CT molecular complexity index is 1310. The van der Waals surface area contributed by atoms with Crippen LogP contribution in [0.25, 0.3) is 21.9 Å². The molecule has 4 heterocycles. The number of benzene rings is 1. The molecule has 1 aromatic carbocycles. The van der Waals surface area contributed by atoms with Crippen molar-refractivity contribution in [1.82, 2.24) is 19.4 Å². The first-order valence-corrected chi connectivity index (χ1v) is 10.3. The molecule has 6 nitrogen and oxygen atoms in total. The molecular formula is C24H23N5O. The van der Waals surface area contributed by atoms with E-state index >= 15 is 0 Å². The summed E-state index contributed by atoms with van der Waals surface area (Å²) in [5.41, 5.74) is 3.68. The maximum atomic E-state index is 12.5. The van der Waals surface area contributed by atoms with Crippen molar-refractivity contribution >= 4 is 21.9 Å². The van der Waals surface area contributed by atoms with E-state index in [1.165, 1.54) is 5.56 Å². The predicted octanol–water partition coefficient (Wildman–Crippen LogP) is 3.83. The Hall–Kier alpha value is -3.43. The molecule has 1 saturated heterocycles. The van der Waals surface area contributed by atoms with Crippen LogP contribution < -0.4 is 5.43 Å². The van der Waals surface area contributed by atoms with E-state index in [4.69, 9.17) is 5.26 Å². The number of hydrogen-bond acceptors (Lipinski definition) is 4. The van der Waals surface area contributed by atoms with Crippen molar-refractivity contribution in [1.29, 1.82) is 5.26 Å². The summed E-state index contributed by atoms with van der Waals surface area (Å²) in [6.07, 6.45) is 6.61. The number of nitrogens with one attached hydrogen (secondary N) is 1. The van der Waals surface area contributed by atoms with Crippen LogP contribution in [0.15, 0.2) is 59.8 Å². The Labute approximate surface area is 174 Å². The van der Waals surface area contributed by atoms with Crippen LogP contribution in [0.3, 0.4) is 0 Å². The van der Waals surface area contributed by atoms with Gasteiger partial charge in [-0.15, -0.1) is 0 Å². The van der Waals surface area contributed by atoms with E-state index in [9.17, 15) is 4.79 Å². The number of aromatic nitrogens is 3. The second-order valence-electron chi connectivity index (χ2n) is 8.22. The van der Waals surface area contributed by atoms with Crippen molar-refractivity contribution in [2.45, 2.75) is 25.9 Å². The van der Waals surface area contributed by atoms with E-state index in [0.717, 1.165) is 42.6 Å². The van der Waals surface area contributed by atoms with Crippen LogP contribution in [0.4, 0.5) is 0 Å². The number of hydrogen-bond donors (Lipinski definition) is 1. The molecule has 5 rings (SSSR count). The summed E-state index contributed by atoms with van der Waals surface area (Å²) in [6.45, 7) is 5.10. The number of pyridine rings is 2. The first-order valence-electron chi connectivity index (χ1n) is 10.3. The second-order valence-corrected chi connectivity index (χ2v) is 8.22. The van der Waals surface area contributed by atoms with Crippen LogP contribution in [0.1, 0.15) is 30.5 Å². The van der Waals surface area contributed by atoms with Crippen LogP contribution >= 0.6 is 0 Å². The van der Waals surface area contributed by atoms with Crippen molar-refractivity contribution in [3.8, 4) is 6.07 Å². The van der Waals surface area contributed by atoms with E-state index in [-0.39, 0.29) is 11.5 Å². The molecule has 1 fully saturated rings. The van der Waals surface area contributed by atoms with E-state index in [2.05, 4.69) is 32.4 Å². The van der Waals surface area contributed by atoms with Gasteiger partial charge in [0.25, 0.3) is 0 Å². The highest BCUT2D eigenvalue weighted by Gasteiger charge is 2.28. The molecule has 0 unspecified atom stereocenters. The van der Waals surface area contributed by atoms with Gasteiger partial charge in [0.15, 0.2) is 5.43 Å². The minimum Gasteiger partial charge on any atom is -0.346 e. The zero-order valence-electron chi connectivity index (χ0n) is 16.9. The Morgan fingerprint density at radius 2 is 2.03 bits per heavy atom. The van der Waals surface area contributed by atoms with E-state index in [1.807, 2.05) is 42.7 Å². The lowest BCUT2D eigenvalue weighted by Gasteiger charge is -2.39. The fourth-order valence-corrected chi connectivity index (χ4v) is 4.60. The van der Waals surface area contributed by atoms with Crippen LogP contribution in [-0.4, -0.2) is 32.5 Å². The predicted molar refractivity (Wildman–Crippen MR) is 117 cm³/mol. The van der Waals surface area contributed by atoms with Crippen molar-refractivity contribution in [3.63, 3.8) is 0 Å². The summed E-state index contributed by atoms with van der Waals surface area (Å²) in [5.74, 6) is 0.495. The number of H-pyrrole nitrogens is 1. The number of nitrogens with zero attached hydrogens (tertiary/aromatic N) is 4. The van der Waals surface area contributed by atoms with E-state index in [0.29, 0.717) is 16.9 Å². The van der Waals surface area contributed by atoms with Gasteiger partial charge in [-0.1, -0.05) is 19.1 Å². The topological polar surface area (TPSA) is 77.7 Å². The summed E-state index contributed by atoms with van der Waals surface area (Å²) in [4.78, 5) is 22.6. The normalized spacial score (nSPS) is 19.9. The molecule has 0 radical (unpaired) electrons. The fraction of sp³-hybridized carbons (Fsp3) is 0.292. The number of aromatic amines is 1. The highest BCUT2D eigenvalue weighted by Crippen LogP contribution is 2.32. The number of fused-ring (bicyclic) bond motifs is 3. The van der Waals surface area contributed by atoms with Gasteiger partial charge in [-0.05, 0) is 42.6 Å². The van der Waals surface area contributed by atoms with Crippen LogP contribution in [0.2, 0.25) is 0 Å². The van der Waals surface area contributed by atoms with Crippen molar-refractivity contribution in [2.75, 3.05) is 13.1 Å². The molecule has 0 spiro atoms. The third-order valence-corrected chi connectivity index (χ3v) is 6.32. The van der Waals surface area contributed by atoms with Gasteiger partial charge in [0.2, 0.25) is 0 Å². The monoisotopic (exact) mass is 397 g/mol. The lowest BCUT2D eigenvalue weighted by molar-refractivity contribution is 0.128. The standard InChI is InChI=1S/C24H23N5O/c1-16-7-10-28(14-18-4-2-17(12-25)3-5-18)15-21(16)29-11-8-22(30)20-13-27-24-19(23(20)29)6-9-26-24/h2-6,8-9,11,13,16,21H,7,10,14-15H2,1H3,(H,26,27)/t16-,21+/m1/s1. The highest BCUT2D eigenvalue weighted by molar-refractivity contribution is 6.02. The number of piperidine rings is 1. The van der Waals surface area contributed by atoms with Gasteiger partial charge in [-0.25, -0.2) is 4.98 Å². The molecule has 0 amide bonds. The Morgan fingerprint density at radius 3 is 2.83 bits per heavy atom. The molecule has 4 aromatic rings. The molecule has 0 aliphatic carbocycles. The second kappa shape index (κ2) is 7.43. The Balaban J connectivity index is 1.52. The quantitative estimate of drug-likeness (QED) is 0.570. The van der Waals surface area contributed by atoms with Gasteiger partial charge in [0.1, 0.15) is 5.65 Å². The highest BCUT2D eigenvalue weighted by atomic mass is 16.1. The van der Waals surface area contributed by atoms with Gasteiger partial charge < -0.3 is 9.55 Å². The number of nitriles is 1. The van der Waals surface area contributed by atoms with E-state index in [1.54, 1.807) is 12.3 Å². The molecule has 30 heavy (non-hydrogen) atoms. The Morgan fingerprint density at radius 1 is 1.20 bits per heavy atom. The van der Waals surface area contributed by atoms with Crippen LogP contribution in [-0.2, 0) is 6.54 Å². The number of likely N-dealkylation sites (tertiary alicyclic amines) is 1. The SMILES string of the molecule is C[C@@H]1CCN(Cc2ccc(C#N)cc2)C[C@@H]1n1ccc(=O)c2cnc3[nH]ccc3c21. The van der Waals surface area contributed by atoms with Gasteiger partial charge in [0.05, 0.1) is 22.5 Å². The molecule has 150 valence electrons. The molecule has 2 atom stereocenters. The molecule has 1 N–H and O–H groups in total. The van der Waals surface area contributed by atoms with Crippen molar-refractivity contribution in [2.24, 2.45) is 5.92 Å². The minimum atomic E-state index is 0.00903. The first kappa shape index (κ1) is 18.6. The zero-order chi connectivity index (χ0) is 20.7. The summed E-state index contributed by atoms with van der Waals surface area (Å²) >= 11 is 0. The van der Waals surface area contributed by atoms with Crippen molar-refractivity contribution in [3.05, 3.63) is 76.3 Å². The molecule has 1 aliphatic rings. The molecule has 0 bridgehead atoms. The lowest BCUT2D eigenvalue weighted by atomic mass is 9.92. The smallest absolute Gasteiger partial charge is 0.190 e. The van der Waals surface area contributed by atoms with Gasteiger partial charge in [-0.2, -0.15) is 5.26 Å².